The number of carbonyl (C=O) groups excluding carboxylic acids is 1. The minimum Gasteiger partial charge on any atom is -0.353 e. The Kier molecular flexibility index (Phi) is 4.44. The van der Waals surface area contributed by atoms with Crippen molar-refractivity contribution >= 4 is 12.0 Å². The Morgan fingerprint density at radius 1 is 1.58 bits per heavy atom. The number of hydrogen-bond acceptors (Lipinski definition) is 4. The molecule has 2 N–H and O–H groups in total. The lowest BCUT2D eigenvalue weighted by Crippen LogP contribution is -2.22. The third kappa shape index (κ3) is 4.38. The molecule has 2 aromatic rings. The Morgan fingerprint density at radius 2 is 2.47 bits per heavy atom. The molecule has 0 aliphatic heterocycles. The summed E-state index contributed by atoms with van der Waals surface area (Å²) in [4.78, 5) is 15.5. The molecule has 0 atom stereocenters. The van der Waals surface area contributed by atoms with Crippen LogP contribution in [-0.2, 0) is 18.3 Å². The minimum atomic E-state index is -0.110. The second-order valence-electron chi connectivity index (χ2n) is 4.11. The molecule has 7 nitrogen and oxygen atoms in total. The van der Waals surface area contributed by atoms with Crippen LogP contribution < -0.4 is 5.32 Å². The summed E-state index contributed by atoms with van der Waals surface area (Å²) in [5.74, 6) is 0.724. The SMILES string of the molecule is Cn1cc(C=CC(=O)NCCCc2ncn[nH]2)cn1. The number of hydrogen-bond donors (Lipinski definition) is 2. The van der Waals surface area contributed by atoms with Gasteiger partial charge in [0.25, 0.3) is 0 Å². The topological polar surface area (TPSA) is 88.5 Å². The van der Waals surface area contributed by atoms with Gasteiger partial charge in [-0.3, -0.25) is 14.6 Å². The summed E-state index contributed by atoms with van der Waals surface area (Å²) < 4.78 is 1.69. The molecule has 0 aromatic carbocycles. The second-order valence-corrected chi connectivity index (χ2v) is 4.11. The zero-order valence-electron chi connectivity index (χ0n) is 10.7. The maximum atomic E-state index is 11.5. The van der Waals surface area contributed by atoms with Crippen LogP contribution in [0.1, 0.15) is 17.8 Å². The maximum Gasteiger partial charge on any atom is 0.244 e. The number of aryl methyl sites for hydroxylation is 2. The number of rotatable bonds is 6. The van der Waals surface area contributed by atoms with Gasteiger partial charge in [0.1, 0.15) is 12.2 Å². The van der Waals surface area contributed by atoms with E-state index < -0.39 is 0 Å². The van der Waals surface area contributed by atoms with Crippen molar-refractivity contribution in [2.24, 2.45) is 7.05 Å². The Hall–Kier alpha value is -2.44. The van der Waals surface area contributed by atoms with Gasteiger partial charge in [-0.25, -0.2) is 4.98 Å². The fourth-order valence-electron chi connectivity index (χ4n) is 1.58. The van der Waals surface area contributed by atoms with Gasteiger partial charge >= 0.3 is 0 Å². The summed E-state index contributed by atoms with van der Waals surface area (Å²) in [5, 5.41) is 13.4. The number of aromatic amines is 1. The molecule has 0 aliphatic rings. The molecule has 0 aliphatic carbocycles. The number of nitrogens with zero attached hydrogens (tertiary/aromatic N) is 4. The lowest BCUT2D eigenvalue weighted by Gasteiger charge is -2.00. The van der Waals surface area contributed by atoms with Crippen molar-refractivity contribution < 1.29 is 4.79 Å². The van der Waals surface area contributed by atoms with Crippen molar-refractivity contribution in [2.45, 2.75) is 12.8 Å². The lowest BCUT2D eigenvalue weighted by molar-refractivity contribution is -0.116. The molecule has 0 saturated carbocycles. The first-order chi connectivity index (χ1) is 9.24. The van der Waals surface area contributed by atoms with E-state index in [1.807, 2.05) is 13.2 Å². The van der Waals surface area contributed by atoms with Gasteiger partial charge in [0.15, 0.2) is 0 Å². The molecule has 0 unspecified atom stereocenters. The van der Waals surface area contributed by atoms with Crippen LogP contribution >= 0.6 is 0 Å². The van der Waals surface area contributed by atoms with Gasteiger partial charge in [-0.1, -0.05) is 0 Å². The lowest BCUT2D eigenvalue weighted by atomic mass is 10.3. The highest BCUT2D eigenvalue weighted by Crippen LogP contribution is 1.98. The highest BCUT2D eigenvalue weighted by Gasteiger charge is 1.98. The maximum absolute atomic E-state index is 11.5. The predicted molar refractivity (Wildman–Crippen MR) is 70.0 cm³/mol. The van der Waals surface area contributed by atoms with Crippen LogP contribution in [0.15, 0.2) is 24.8 Å². The molecular weight excluding hydrogens is 244 g/mol. The van der Waals surface area contributed by atoms with Crippen molar-refractivity contribution in [3.8, 4) is 0 Å². The van der Waals surface area contributed by atoms with Gasteiger partial charge in [-0.05, 0) is 12.5 Å². The van der Waals surface area contributed by atoms with E-state index in [4.69, 9.17) is 0 Å². The van der Waals surface area contributed by atoms with E-state index in [-0.39, 0.29) is 5.91 Å². The molecule has 0 saturated heterocycles. The Morgan fingerprint density at radius 3 is 3.16 bits per heavy atom. The van der Waals surface area contributed by atoms with E-state index in [2.05, 4.69) is 25.6 Å². The van der Waals surface area contributed by atoms with Gasteiger partial charge in [-0.2, -0.15) is 10.2 Å². The number of carbonyl (C=O) groups is 1. The monoisotopic (exact) mass is 260 g/mol. The van der Waals surface area contributed by atoms with Crippen LogP contribution in [0.25, 0.3) is 6.08 Å². The zero-order valence-corrected chi connectivity index (χ0v) is 10.7. The van der Waals surface area contributed by atoms with E-state index >= 15 is 0 Å². The average Bonchev–Trinajstić information content (AvgIpc) is 3.03. The molecule has 0 bridgehead atoms. The number of nitrogens with one attached hydrogen (secondary N) is 2. The molecular formula is C12H16N6O. The molecule has 0 fully saturated rings. The van der Waals surface area contributed by atoms with Gasteiger partial charge in [0.05, 0.1) is 6.20 Å². The summed E-state index contributed by atoms with van der Waals surface area (Å²) >= 11 is 0. The second kappa shape index (κ2) is 6.48. The fourth-order valence-corrected chi connectivity index (χ4v) is 1.58. The average molecular weight is 260 g/mol. The highest BCUT2D eigenvalue weighted by atomic mass is 16.1. The molecule has 2 rings (SSSR count). The van der Waals surface area contributed by atoms with Gasteiger partial charge in [0.2, 0.25) is 5.91 Å². The van der Waals surface area contributed by atoms with Crippen molar-refractivity contribution in [1.29, 1.82) is 0 Å². The van der Waals surface area contributed by atoms with Crippen molar-refractivity contribution in [3.63, 3.8) is 0 Å². The number of aromatic nitrogens is 5. The van der Waals surface area contributed by atoms with Crippen LogP contribution in [0.2, 0.25) is 0 Å². The largest absolute Gasteiger partial charge is 0.353 e. The van der Waals surface area contributed by atoms with E-state index in [0.29, 0.717) is 6.54 Å². The summed E-state index contributed by atoms with van der Waals surface area (Å²) in [5.41, 5.74) is 0.902. The molecule has 0 radical (unpaired) electrons. The first-order valence-electron chi connectivity index (χ1n) is 6.03. The first kappa shape index (κ1) is 13.0. The van der Waals surface area contributed by atoms with E-state index in [9.17, 15) is 4.79 Å². The fraction of sp³-hybridized carbons (Fsp3) is 0.333. The first-order valence-corrected chi connectivity index (χ1v) is 6.03. The molecule has 2 aromatic heterocycles. The minimum absolute atomic E-state index is 0.110. The third-order valence-electron chi connectivity index (χ3n) is 2.51. The predicted octanol–water partition coefficient (Wildman–Crippen LogP) is 0.300. The summed E-state index contributed by atoms with van der Waals surface area (Å²) in [6.45, 7) is 0.608. The van der Waals surface area contributed by atoms with E-state index in [0.717, 1.165) is 24.2 Å². The van der Waals surface area contributed by atoms with Crippen LogP contribution in [0.3, 0.4) is 0 Å². The molecule has 100 valence electrons. The van der Waals surface area contributed by atoms with Crippen LogP contribution in [0.5, 0.6) is 0 Å². The molecule has 19 heavy (non-hydrogen) atoms. The highest BCUT2D eigenvalue weighted by molar-refractivity contribution is 5.91. The van der Waals surface area contributed by atoms with E-state index in [1.54, 1.807) is 17.0 Å². The van der Waals surface area contributed by atoms with Gasteiger partial charge < -0.3 is 5.32 Å². The molecule has 2 heterocycles. The molecule has 1 amide bonds. The molecule has 0 spiro atoms. The van der Waals surface area contributed by atoms with Crippen LogP contribution in [0, 0.1) is 0 Å². The van der Waals surface area contributed by atoms with Crippen molar-refractivity contribution in [1.82, 2.24) is 30.3 Å². The quantitative estimate of drug-likeness (QED) is 0.577. The number of amides is 1. The van der Waals surface area contributed by atoms with Gasteiger partial charge in [-0.15, -0.1) is 0 Å². The standard InChI is InChI=1S/C12H16N6O/c1-18-8-10(7-16-18)4-5-12(19)13-6-2-3-11-14-9-15-17-11/h4-5,7-9H,2-3,6H2,1H3,(H,13,19)(H,14,15,17). The summed E-state index contributed by atoms with van der Waals surface area (Å²) in [7, 11) is 1.83. The molecule has 7 heteroatoms. The third-order valence-corrected chi connectivity index (χ3v) is 2.51. The van der Waals surface area contributed by atoms with Crippen LogP contribution in [0.4, 0.5) is 0 Å². The Balaban J connectivity index is 1.66. The van der Waals surface area contributed by atoms with Crippen LogP contribution in [-0.4, -0.2) is 37.4 Å². The van der Waals surface area contributed by atoms with Gasteiger partial charge in [0, 0.05) is 37.8 Å². The summed E-state index contributed by atoms with van der Waals surface area (Å²) in [6, 6.07) is 0. The Bertz CT molecular complexity index is 542. The van der Waals surface area contributed by atoms with Crippen molar-refractivity contribution in [3.05, 3.63) is 36.2 Å². The van der Waals surface area contributed by atoms with Crippen molar-refractivity contribution in [2.75, 3.05) is 6.54 Å². The number of H-pyrrole nitrogens is 1. The summed E-state index contributed by atoms with van der Waals surface area (Å²) in [6.07, 6.45) is 9.85. The van der Waals surface area contributed by atoms with E-state index in [1.165, 1.54) is 12.4 Å². The Labute approximate surface area is 110 Å². The normalized spacial score (nSPS) is 11.0. The zero-order chi connectivity index (χ0) is 13.5. The smallest absolute Gasteiger partial charge is 0.244 e.